The van der Waals surface area contributed by atoms with Gasteiger partial charge in [0.05, 0.1) is 23.5 Å². The van der Waals surface area contributed by atoms with Crippen LogP contribution in [0.2, 0.25) is 0 Å². The first-order chi connectivity index (χ1) is 13.0. The number of nitrogens with zero attached hydrogens (tertiary/aromatic N) is 2. The molecule has 2 aromatic rings. The fourth-order valence-corrected chi connectivity index (χ4v) is 4.37. The summed E-state index contributed by atoms with van der Waals surface area (Å²) in [6.45, 7) is 1.17. The summed E-state index contributed by atoms with van der Waals surface area (Å²) in [6, 6.07) is 10.8. The third kappa shape index (κ3) is 4.57. The monoisotopic (exact) mass is 384 g/mol. The van der Waals surface area contributed by atoms with Crippen LogP contribution in [0.25, 0.3) is 0 Å². The number of anilines is 2. The van der Waals surface area contributed by atoms with Crippen molar-refractivity contribution in [2.75, 3.05) is 28.5 Å². The molecule has 1 fully saturated rings. The minimum atomic E-state index is -3.19. The zero-order chi connectivity index (χ0) is 19.3. The minimum Gasteiger partial charge on any atom is -0.366 e. The normalized spacial score (nSPS) is 15.1. The third-order valence-corrected chi connectivity index (χ3v) is 6.02. The number of sulfonamides is 1. The predicted octanol–water partition coefficient (Wildman–Crippen LogP) is 1.60. The number of hydrogen-bond acceptors (Lipinski definition) is 5. The van der Waals surface area contributed by atoms with Crippen LogP contribution in [-0.2, 0) is 16.6 Å². The van der Waals surface area contributed by atoms with E-state index >= 15 is 0 Å². The van der Waals surface area contributed by atoms with Crippen molar-refractivity contribution < 1.29 is 13.2 Å². The van der Waals surface area contributed by atoms with E-state index in [2.05, 4.69) is 21.5 Å². The molecule has 1 aliphatic heterocycles. The predicted molar refractivity (Wildman–Crippen MR) is 105 cm³/mol. The molecule has 0 bridgehead atoms. The molecule has 0 spiro atoms. The Hall–Kier alpha value is -3.05. The largest absolute Gasteiger partial charge is 0.366 e. The van der Waals surface area contributed by atoms with Crippen molar-refractivity contribution in [3.63, 3.8) is 0 Å². The highest BCUT2D eigenvalue weighted by molar-refractivity contribution is 7.93. The lowest BCUT2D eigenvalue weighted by molar-refractivity contribution is 0.0958. The van der Waals surface area contributed by atoms with Crippen molar-refractivity contribution in [1.29, 1.82) is 0 Å². The number of nitrogens with one attached hydrogen (secondary N) is 2. The number of carbonyl (C=O) groups excluding carboxylic acids is 1. The number of carbonyl (C=O) groups is 1. The van der Waals surface area contributed by atoms with Crippen LogP contribution in [0.5, 0.6) is 0 Å². The summed E-state index contributed by atoms with van der Waals surface area (Å²) in [4.78, 5) is 16.0. The van der Waals surface area contributed by atoms with Gasteiger partial charge in [0.2, 0.25) is 10.0 Å². The van der Waals surface area contributed by atoms with Gasteiger partial charge in [0.15, 0.2) is 0 Å². The van der Waals surface area contributed by atoms with E-state index in [0.717, 1.165) is 5.56 Å². The summed E-state index contributed by atoms with van der Waals surface area (Å²) in [6.07, 6.45) is 7.23. The number of benzene rings is 1. The van der Waals surface area contributed by atoms with Gasteiger partial charge >= 0.3 is 0 Å². The number of terminal acetylenes is 1. The Morgan fingerprint density at radius 2 is 2.15 bits per heavy atom. The van der Waals surface area contributed by atoms with E-state index in [1.165, 1.54) is 10.5 Å². The number of hydrogen-bond donors (Lipinski definition) is 2. The van der Waals surface area contributed by atoms with Crippen LogP contribution in [0.3, 0.4) is 0 Å². The Morgan fingerprint density at radius 3 is 2.81 bits per heavy atom. The standard InChI is InChI=1S/C19H20N4O3S/c1-2-9-20-19(24)16-7-8-18(22-14-16)21-13-15-5-3-6-17(12-15)23-10-4-11-27(23,25)26/h1,3,5-8,12,14H,4,9-11,13H2,(H,20,24)(H,21,22). The van der Waals surface area contributed by atoms with Crippen LogP contribution in [0.1, 0.15) is 22.3 Å². The van der Waals surface area contributed by atoms with Crippen molar-refractivity contribution in [2.24, 2.45) is 0 Å². The minimum absolute atomic E-state index is 0.169. The van der Waals surface area contributed by atoms with Crippen LogP contribution >= 0.6 is 0 Å². The van der Waals surface area contributed by atoms with Crippen molar-refractivity contribution in [1.82, 2.24) is 10.3 Å². The van der Waals surface area contributed by atoms with Gasteiger partial charge in [0.25, 0.3) is 5.91 Å². The molecule has 1 amide bonds. The molecule has 1 aromatic heterocycles. The lowest BCUT2D eigenvalue weighted by Crippen LogP contribution is -2.25. The molecule has 27 heavy (non-hydrogen) atoms. The van der Waals surface area contributed by atoms with Crippen molar-refractivity contribution in [3.8, 4) is 12.3 Å². The number of aromatic nitrogens is 1. The van der Waals surface area contributed by atoms with Crippen LogP contribution in [0.4, 0.5) is 11.5 Å². The smallest absolute Gasteiger partial charge is 0.253 e. The fourth-order valence-electron chi connectivity index (χ4n) is 2.81. The van der Waals surface area contributed by atoms with E-state index in [4.69, 9.17) is 6.42 Å². The van der Waals surface area contributed by atoms with E-state index in [1.807, 2.05) is 18.2 Å². The van der Waals surface area contributed by atoms with Gasteiger partial charge in [-0.25, -0.2) is 13.4 Å². The van der Waals surface area contributed by atoms with Gasteiger partial charge in [-0.05, 0) is 36.2 Å². The molecule has 1 saturated heterocycles. The first-order valence-corrected chi connectivity index (χ1v) is 10.1. The Bertz CT molecular complexity index is 965. The Kier molecular flexibility index (Phi) is 5.62. The van der Waals surface area contributed by atoms with Crippen molar-refractivity contribution in [3.05, 3.63) is 53.7 Å². The third-order valence-electron chi connectivity index (χ3n) is 4.15. The Morgan fingerprint density at radius 1 is 1.30 bits per heavy atom. The summed E-state index contributed by atoms with van der Waals surface area (Å²) in [5, 5.41) is 5.74. The Balaban J connectivity index is 1.63. The molecule has 3 rings (SSSR count). The van der Waals surface area contributed by atoms with Crippen molar-refractivity contribution >= 4 is 27.4 Å². The highest BCUT2D eigenvalue weighted by atomic mass is 32.2. The molecule has 0 atom stereocenters. The van der Waals surface area contributed by atoms with E-state index in [0.29, 0.717) is 36.6 Å². The van der Waals surface area contributed by atoms with Gasteiger partial charge in [-0.1, -0.05) is 18.1 Å². The second kappa shape index (κ2) is 8.10. The topological polar surface area (TPSA) is 91.4 Å². The first-order valence-electron chi connectivity index (χ1n) is 8.50. The first kappa shape index (κ1) is 18.7. The van der Waals surface area contributed by atoms with E-state index in [9.17, 15) is 13.2 Å². The summed E-state index contributed by atoms with van der Waals surface area (Å²) >= 11 is 0. The maximum atomic E-state index is 12.1. The lowest BCUT2D eigenvalue weighted by Gasteiger charge is -2.17. The number of amides is 1. The van der Waals surface area contributed by atoms with Crippen LogP contribution < -0.4 is 14.9 Å². The zero-order valence-electron chi connectivity index (χ0n) is 14.7. The van der Waals surface area contributed by atoms with Crippen LogP contribution in [0, 0.1) is 12.3 Å². The average molecular weight is 384 g/mol. The van der Waals surface area contributed by atoms with E-state index in [1.54, 1.807) is 18.2 Å². The zero-order valence-corrected chi connectivity index (χ0v) is 15.5. The molecule has 7 nitrogen and oxygen atoms in total. The summed E-state index contributed by atoms with van der Waals surface area (Å²) in [5.41, 5.74) is 2.05. The van der Waals surface area contributed by atoms with Crippen LogP contribution in [0.15, 0.2) is 42.6 Å². The quantitative estimate of drug-likeness (QED) is 0.738. The molecule has 1 aliphatic rings. The molecule has 0 saturated carbocycles. The molecule has 2 heterocycles. The van der Waals surface area contributed by atoms with Gasteiger partial charge in [-0.2, -0.15) is 0 Å². The van der Waals surface area contributed by atoms with Gasteiger partial charge in [0, 0.05) is 19.3 Å². The molecular weight excluding hydrogens is 364 g/mol. The molecule has 0 aliphatic carbocycles. The number of rotatable bonds is 6. The highest BCUT2D eigenvalue weighted by Gasteiger charge is 2.28. The van der Waals surface area contributed by atoms with E-state index in [-0.39, 0.29) is 18.2 Å². The Labute approximate surface area is 158 Å². The SMILES string of the molecule is C#CCNC(=O)c1ccc(NCc2cccc(N3CCCS3(=O)=O)c2)nc1. The maximum absolute atomic E-state index is 12.1. The van der Waals surface area contributed by atoms with Gasteiger partial charge in [-0.15, -0.1) is 6.42 Å². The van der Waals surface area contributed by atoms with Gasteiger partial charge in [-0.3, -0.25) is 9.10 Å². The molecular formula is C19H20N4O3S. The number of pyridine rings is 1. The van der Waals surface area contributed by atoms with E-state index < -0.39 is 10.0 Å². The summed E-state index contributed by atoms with van der Waals surface area (Å²) in [7, 11) is -3.19. The van der Waals surface area contributed by atoms with Crippen molar-refractivity contribution in [2.45, 2.75) is 13.0 Å². The van der Waals surface area contributed by atoms with Crippen LogP contribution in [-0.4, -0.2) is 38.2 Å². The highest BCUT2D eigenvalue weighted by Crippen LogP contribution is 2.25. The van der Waals surface area contributed by atoms with Gasteiger partial charge in [0.1, 0.15) is 5.82 Å². The fraction of sp³-hybridized carbons (Fsp3) is 0.263. The molecule has 2 N–H and O–H groups in total. The molecule has 8 heteroatoms. The molecule has 0 radical (unpaired) electrons. The summed E-state index contributed by atoms with van der Waals surface area (Å²) < 4.78 is 25.6. The maximum Gasteiger partial charge on any atom is 0.253 e. The second-order valence-corrected chi connectivity index (χ2v) is 8.10. The molecule has 140 valence electrons. The van der Waals surface area contributed by atoms with Gasteiger partial charge < -0.3 is 10.6 Å². The lowest BCUT2D eigenvalue weighted by atomic mass is 10.2. The average Bonchev–Trinajstić information content (AvgIpc) is 3.04. The molecule has 0 unspecified atom stereocenters. The molecule has 1 aromatic carbocycles. The second-order valence-electron chi connectivity index (χ2n) is 6.08. The summed E-state index contributed by atoms with van der Waals surface area (Å²) in [5.74, 6) is 2.88.